The molecule has 0 aliphatic rings. The summed E-state index contributed by atoms with van der Waals surface area (Å²) in [5.41, 5.74) is 5.41. The summed E-state index contributed by atoms with van der Waals surface area (Å²) in [6.07, 6.45) is 0.697. The van der Waals surface area contributed by atoms with Crippen molar-refractivity contribution in [1.29, 1.82) is 0 Å². The van der Waals surface area contributed by atoms with E-state index in [0.29, 0.717) is 37.4 Å². The highest BCUT2D eigenvalue weighted by Gasteiger charge is 2.27. The lowest BCUT2D eigenvalue weighted by atomic mass is 10.0. The first-order chi connectivity index (χ1) is 19.4. The molecule has 2 heterocycles. The van der Waals surface area contributed by atoms with Crippen LogP contribution in [0.4, 0.5) is 4.39 Å². The Labute approximate surface area is 232 Å². The molecule has 5 rings (SSSR count). The van der Waals surface area contributed by atoms with Crippen LogP contribution in [-0.4, -0.2) is 37.2 Å². The monoisotopic (exact) mass is 540 g/mol. The number of H-pyrrole nitrogens is 1. The molecule has 0 spiro atoms. The fourth-order valence-electron chi connectivity index (χ4n) is 5.21. The number of methoxy groups -OCH3 is 1. The molecular weight excluding hydrogens is 507 g/mol. The molecule has 0 amide bonds. The Balaban J connectivity index is 1.56. The Morgan fingerprint density at radius 3 is 2.48 bits per heavy atom. The van der Waals surface area contributed by atoms with E-state index in [0.717, 1.165) is 38.9 Å². The Morgan fingerprint density at radius 1 is 1.00 bits per heavy atom. The smallest absolute Gasteiger partial charge is 0.252 e. The van der Waals surface area contributed by atoms with Crippen molar-refractivity contribution < 1.29 is 9.13 Å². The lowest BCUT2D eigenvalue weighted by molar-refractivity contribution is 0.159. The van der Waals surface area contributed by atoms with Gasteiger partial charge in [0.1, 0.15) is 11.6 Å². The van der Waals surface area contributed by atoms with Crippen molar-refractivity contribution in [2.45, 2.75) is 52.9 Å². The van der Waals surface area contributed by atoms with Gasteiger partial charge in [-0.1, -0.05) is 49.4 Å². The van der Waals surface area contributed by atoms with Gasteiger partial charge < -0.3 is 9.72 Å². The molecule has 206 valence electrons. The summed E-state index contributed by atoms with van der Waals surface area (Å²) in [5, 5.41) is 13.7. The summed E-state index contributed by atoms with van der Waals surface area (Å²) in [4.78, 5) is 18.7. The lowest BCUT2D eigenvalue weighted by Crippen LogP contribution is -2.32. The second kappa shape index (κ2) is 11.8. The highest BCUT2D eigenvalue weighted by Crippen LogP contribution is 2.30. The van der Waals surface area contributed by atoms with Gasteiger partial charge in [0.2, 0.25) is 0 Å². The van der Waals surface area contributed by atoms with Gasteiger partial charge in [-0.25, -0.2) is 9.07 Å². The Morgan fingerprint density at radius 2 is 1.73 bits per heavy atom. The third kappa shape index (κ3) is 5.65. The van der Waals surface area contributed by atoms with Crippen LogP contribution in [0.15, 0.2) is 71.5 Å². The number of fused-ring (bicyclic) bond motifs is 1. The number of aryl methyl sites for hydroxylation is 2. The van der Waals surface area contributed by atoms with Gasteiger partial charge >= 0.3 is 0 Å². The summed E-state index contributed by atoms with van der Waals surface area (Å²) in [5.74, 6) is 1.15. The van der Waals surface area contributed by atoms with Crippen LogP contribution in [0.2, 0.25) is 0 Å². The molecule has 0 aliphatic heterocycles. The van der Waals surface area contributed by atoms with E-state index >= 15 is 0 Å². The van der Waals surface area contributed by atoms with E-state index in [1.165, 1.54) is 12.1 Å². The number of nitrogens with one attached hydrogen (secondary N) is 1. The third-order valence-electron chi connectivity index (χ3n) is 7.39. The average molecular weight is 541 g/mol. The van der Waals surface area contributed by atoms with E-state index in [4.69, 9.17) is 4.74 Å². The second-order valence-corrected chi connectivity index (χ2v) is 10.1. The average Bonchev–Trinajstić information content (AvgIpc) is 3.41. The van der Waals surface area contributed by atoms with Crippen molar-refractivity contribution in [2.75, 3.05) is 7.11 Å². The Bertz CT molecular complexity index is 1680. The Kier molecular flexibility index (Phi) is 8.02. The van der Waals surface area contributed by atoms with E-state index in [9.17, 15) is 9.18 Å². The maximum Gasteiger partial charge on any atom is 0.252 e. The fraction of sp³-hybridized carbons (Fsp3) is 0.290. The van der Waals surface area contributed by atoms with Gasteiger partial charge in [-0.3, -0.25) is 9.69 Å². The lowest BCUT2D eigenvalue weighted by Gasteiger charge is -2.31. The number of halogens is 1. The predicted octanol–water partition coefficient (Wildman–Crippen LogP) is 5.48. The number of benzene rings is 3. The molecular formula is C31H33FN6O2. The van der Waals surface area contributed by atoms with Crippen LogP contribution in [-0.2, 0) is 19.6 Å². The van der Waals surface area contributed by atoms with E-state index in [2.05, 4.69) is 45.3 Å². The van der Waals surface area contributed by atoms with Gasteiger partial charge in [0.15, 0.2) is 5.82 Å². The number of aromatic amines is 1. The van der Waals surface area contributed by atoms with Gasteiger partial charge in [0, 0.05) is 29.6 Å². The quantitative estimate of drug-likeness (QED) is 0.252. The van der Waals surface area contributed by atoms with Crippen LogP contribution in [0.3, 0.4) is 0 Å². The topological polar surface area (TPSA) is 88.9 Å². The predicted molar refractivity (Wildman–Crippen MR) is 153 cm³/mol. The minimum Gasteiger partial charge on any atom is -0.496 e. The first kappa shape index (κ1) is 27.2. The van der Waals surface area contributed by atoms with E-state index in [-0.39, 0.29) is 17.4 Å². The number of ether oxygens (including phenoxy) is 1. The number of tetrazole rings is 1. The molecule has 5 aromatic rings. The van der Waals surface area contributed by atoms with E-state index in [1.807, 2.05) is 43.3 Å². The summed E-state index contributed by atoms with van der Waals surface area (Å²) in [6, 6.07) is 20.1. The standard InChI is InChI=1S/C31H33FN6O2/c1-5-27(30-34-35-36-38(30)17-22-12-14-25(32)15-13-22)37(18-23-8-6-7-9-28(23)40-4)19-24-16-26-20(2)10-11-21(3)29(26)33-31(24)39/h6-16,27H,5,17-19H2,1-4H3,(H,33,39)/t27-/m1/s1. The van der Waals surface area contributed by atoms with Crippen LogP contribution in [0.25, 0.3) is 10.9 Å². The summed E-state index contributed by atoms with van der Waals surface area (Å²) >= 11 is 0. The molecule has 0 saturated heterocycles. The number of nitrogens with zero attached hydrogens (tertiary/aromatic N) is 5. The first-order valence-corrected chi connectivity index (χ1v) is 13.4. The highest BCUT2D eigenvalue weighted by molar-refractivity contribution is 5.85. The van der Waals surface area contributed by atoms with E-state index in [1.54, 1.807) is 23.9 Å². The van der Waals surface area contributed by atoms with E-state index < -0.39 is 0 Å². The molecule has 1 N–H and O–H groups in total. The normalized spacial score (nSPS) is 12.2. The number of para-hydroxylation sites is 1. The second-order valence-electron chi connectivity index (χ2n) is 10.1. The molecule has 3 aromatic carbocycles. The number of pyridine rings is 1. The molecule has 9 heteroatoms. The minimum atomic E-state index is -0.291. The van der Waals surface area contributed by atoms with Crippen LogP contribution >= 0.6 is 0 Å². The summed E-state index contributed by atoms with van der Waals surface area (Å²) in [6.45, 7) is 7.41. The van der Waals surface area contributed by atoms with Crippen LogP contribution < -0.4 is 10.3 Å². The molecule has 0 bridgehead atoms. The number of hydrogen-bond acceptors (Lipinski definition) is 6. The van der Waals surface area contributed by atoms with Crippen molar-refractivity contribution in [3.8, 4) is 5.75 Å². The minimum absolute atomic E-state index is 0.119. The zero-order chi connectivity index (χ0) is 28.2. The van der Waals surface area contributed by atoms with Gasteiger partial charge in [0.05, 0.1) is 25.2 Å². The maximum atomic E-state index is 13.5. The number of rotatable bonds is 10. The highest BCUT2D eigenvalue weighted by atomic mass is 19.1. The summed E-state index contributed by atoms with van der Waals surface area (Å²) < 4.78 is 20.9. The van der Waals surface area contributed by atoms with Crippen molar-refractivity contribution in [1.82, 2.24) is 30.1 Å². The zero-order valence-electron chi connectivity index (χ0n) is 23.2. The van der Waals surface area contributed by atoms with Crippen molar-refractivity contribution in [3.05, 3.63) is 117 Å². The van der Waals surface area contributed by atoms with Crippen LogP contribution in [0.1, 0.15) is 53.0 Å². The largest absolute Gasteiger partial charge is 0.496 e. The van der Waals surface area contributed by atoms with Crippen LogP contribution in [0, 0.1) is 19.7 Å². The van der Waals surface area contributed by atoms with Crippen molar-refractivity contribution in [3.63, 3.8) is 0 Å². The number of aromatic nitrogens is 5. The molecule has 0 saturated carbocycles. The van der Waals surface area contributed by atoms with Crippen molar-refractivity contribution >= 4 is 10.9 Å². The molecule has 40 heavy (non-hydrogen) atoms. The SMILES string of the molecule is CC[C@H](c1nnnn1Cc1ccc(F)cc1)N(Cc1ccccc1OC)Cc1cc2c(C)ccc(C)c2[nH]c1=O. The molecule has 0 radical (unpaired) electrons. The van der Waals surface area contributed by atoms with Crippen LogP contribution in [0.5, 0.6) is 5.75 Å². The van der Waals surface area contributed by atoms with Gasteiger partial charge in [-0.15, -0.1) is 5.10 Å². The fourth-order valence-corrected chi connectivity index (χ4v) is 5.21. The molecule has 0 unspecified atom stereocenters. The molecule has 0 aliphatic carbocycles. The maximum absolute atomic E-state index is 13.5. The molecule has 1 atom stereocenters. The Hall–Kier alpha value is -4.37. The summed E-state index contributed by atoms with van der Waals surface area (Å²) in [7, 11) is 1.66. The third-order valence-corrected chi connectivity index (χ3v) is 7.39. The molecule has 0 fully saturated rings. The number of hydrogen-bond donors (Lipinski definition) is 1. The first-order valence-electron chi connectivity index (χ1n) is 13.4. The van der Waals surface area contributed by atoms with Crippen molar-refractivity contribution in [2.24, 2.45) is 0 Å². The zero-order valence-corrected chi connectivity index (χ0v) is 23.2. The van der Waals surface area contributed by atoms with Gasteiger partial charge in [-0.2, -0.15) is 0 Å². The molecule has 8 nitrogen and oxygen atoms in total. The molecule has 2 aromatic heterocycles. The van der Waals surface area contributed by atoms with Gasteiger partial charge in [-0.05, 0) is 71.7 Å². The van der Waals surface area contributed by atoms with Gasteiger partial charge in [0.25, 0.3) is 5.56 Å².